The molecule has 1 aliphatic carbocycles. The SMILES string of the molecule is O=C(COc1ccc(Cl)cc1Cl)Nc1ccnn1C1CCCC1. The van der Waals surface area contributed by atoms with Gasteiger partial charge in [0.05, 0.1) is 17.3 Å². The van der Waals surface area contributed by atoms with Crippen LogP contribution in [0.5, 0.6) is 5.75 Å². The summed E-state index contributed by atoms with van der Waals surface area (Å²) >= 11 is 11.8. The maximum absolute atomic E-state index is 12.1. The number of aromatic nitrogens is 2. The largest absolute Gasteiger partial charge is 0.482 e. The van der Waals surface area contributed by atoms with Crippen molar-refractivity contribution in [1.82, 2.24) is 9.78 Å². The van der Waals surface area contributed by atoms with E-state index in [-0.39, 0.29) is 12.5 Å². The molecule has 1 saturated carbocycles. The predicted molar refractivity (Wildman–Crippen MR) is 90.3 cm³/mol. The molecule has 2 aromatic rings. The van der Waals surface area contributed by atoms with Crippen LogP contribution in [-0.4, -0.2) is 22.3 Å². The Hall–Kier alpha value is -1.72. The number of carbonyl (C=O) groups excluding carboxylic acids is 1. The number of ether oxygens (including phenoxy) is 1. The van der Waals surface area contributed by atoms with Gasteiger partial charge >= 0.3 is 0 Å². The van der Waals surface area contributed by atoms with Crippen LogP contribution in [-0.2, 0) is 4.79 Å². The highest BCUT2D eigenvalue weighted by Gasteiger charge is 2.20. The number of carbonyl (C=O) groups is 1. The summed E-state index contributed by atoms with van der Waals surface area (Å²) in [6.45, 7) is -0.128. The average Bonchev–Trinajstić information content (AvgIpc) is 3.17. The van der Waals surface area contributed by atoms with Gasteiger partial charge in [-0.15, -0.1) is 0 Å². The molecule has 122 valence electrons. The van der Waals surface area contributed by atoms with Gasteiger partial charge in [0.15, 0.2) is 6.61 Å². The minimum Gasteiger partial charge on any atom is -0.482 e. The van der Waals surface area contributed by atoms with Crippen LogP contribution in [0.15, 0.2) is 30.5 Å². The summed E-state index contributed by atoms with van der Waals surface area (Å²) in [5.41, 5.74) is 0. The lowest BCUT2D eigenvalue weighted by Gasteiger charge is -2.15. The van der Waals surface area contributed by atoms with Gasteiger partial charge in [-0.25, -0.2) is 4.68 Å². The summed E-state index contributed by atoms with van der Waals surface area (Å²) in [5.74, 6) is 0.874. The van der Waals surface area contributed by atoms with Crippen molar-refractivity contribution in [2.24, 2.45) is 0 Å². The van der Waals surface area contributed by atoms with E-state index >= 15 is 0 Å². The summed E-state index contributed by atoms with van der Waals surface area (Å²) in [5, 5.41) is 8.05. The van der Waals surface area contributed by atoms with E-state index in [4.69, 9.17) is 27.9 Å². The van der Waals surface area contributed by atoms with Crippen molar-refractivity contribution in [3.63, 3.8) is 0 Å². The fourth-order valence-corrected chi connectivity index (χ4v) is 3.23. The molecule has 3 rings (SSSR count). The Balaban J connectivity index is 1.58. The fourth-order valence-electron chi connectivity index (χ4n) is 2.77. The topological polar surface area (TPSA) is 56.1 Å². The van der Waals surface area contributed by atoms with Crippen LogP contribution in [0.3, 0.4) is 0 Å². The lowest BCUT2D eigenvalue weighted by Crippen LogP contribution is -2.23. The van der Waals surface area contributed by atoms with Gasteiger partial charge in [-0.1, -0.05) is 36.0 Å². The van der Waals surface area contributed by atoms with Gasteiger partial charge in [-0.3, -0.25) is 4.79 Å². The van der Waals surface area contributed by atoms with E-state index in [2.05, 4.69) is 10.4 Å². The Morgan fingerprint density at radius 3 is 2.83 bits per heavy atom. The van der Waals surface area contributed by atoms with Gasteiger partial charge in [0.25, 0.3) is 5.91 Å². The van der Waals surface area contributed by atoms with Gasteiger partial charge in [0, 0.05) is 11.1 Å². The minimum absolute atomic E-state index is 0.128. The first-order chi connectivity index (χ1) is 11.1. The Morgan fingerprint density at radius 2 is 2.09 bits per heavy atom. The maximum atomic E-state index is 12.1. The maximum Gasteiger partial charge on any atom is 0.263 e. The molecule has 0 aliphatic heterocycles. The Bertz CT molecular complexity index is 696. The Kier molecular flexibility index (Phi) is 5.08. The summed E-state index contributed by atoms with van der Waals surface area (Å²) < 4.78 is 7.32. The first-order valence-electron chi connectivity index (χ1n) is 7.54. The number of hydrogen-bond donors (Lipinski definition) is 1. The van der Waals surface area contributed by atoms with Gasteiger partial charge < -0.3 is 10.1 Å². The van der Waals surface area contributed by atoms with Gasteiger partial charge in [-0.05, 0) is 31.0 Å². The van der Waals surface area contributed by atoms with E-state index in [1.54, 1.807) is 30.5 Å². The molecule has 1 aromatic carbocycles. The van der Waals surface area contributed by atoms with E-state index in [1.165, 1.54) is 12.8 Å². The van der Waals surface area contributed by atoms with Gasteiger partial charge in [-0.2, -0.15) is 5.10 Å². The first kappa shape index (κ1) is 16.1. The molecule has 1 heterocycles. The highest BCUT2D eigenvalue weighted by atomic mass is 35.5. The molecule has 1 N–H and O–H groups in total. The normalized spacial score (nSPS) is 14.9. The second kappa shape index (κ2) is 7.23. The lowest BCUT2D eigenvalue weighted by molar-refractivity contribution is -0.118. The number of nitrogens with one attached hydrogen (secondary N) is 1. The minimum atomic E-state index is -0.254. The molecule has 23 heavy (non-hydrogen) atoms. The highest BCUT2D eigenvalue weighted by Crippen LogP contribution is 2.31. The van der Waals surface area contributed by atoms with E-state index in [0.29, 0.717) is 27.7 Å². The number of rotatable bonds is 5. The third kappa shape index (κ3) is 3.98. The molecule has 0 bridgehead atoms. The number of hydrogen-bond acceptors (Lipinski definition) is 3. The van der Waals surface area contributed by atoms with Crippen LogP contribution in [0.2, 0.25) is 10.0 Å². The van der Waals surface area contributed by atoms with E-state index in [9.17, 15) is 4.79 Å². The molecule has 0 radical (unpaired) electrons. The van der Waals surface area contributed by atoms with Crippen molar-refractivity contribution in [3.05, 3.63) is 40.5 Å². The second-order valence-corrected chi connectivity index (χ2v) is 6.35. The van der Waals surface area contributed by atoms with Crippen LogP contribution < -0.4 is 10.1 Å². The van der Waals surface area contributed by atoms with Crippen LogP contribution in [0.25, 0.3) is 0 Å². The number of anilines is 1. The summed E-state index contributed by atoms with van der Waals surface area (Å²) in [6, 6.07) is 7.04. The van der Waals surface area contributed by atoms with E-state index in [1.807, 2.05) is 4.68 Å². The van der Waals surface area contributed by atoms with Crippen LogP contribution in [0.4, 0.5) is 5.82 Å². The zero-order chi connectivity index (χ0) is 16.2. The molecule has 1 amide bonds. The predicted octanol–water partition coefficient (Wildman–Crippen LogP) is 4.32. The highest BCUT2D eigenvalue weighted by molar-refractivity contribution is 6.35. The van der Waals surface area contributed by atoms with Crippen molar-refractivity contribution < 1.29 is 9.53 Å². The monoisotopic (exact) mass is 353 g/mol. The molecule has 5 nitrogen and oxygen atoms in total. The second-order valence-electron chi connectivity index (χ2n) is 5.51. The number of benzene rings is 1. The fraction of sp³-hybridized carbons (Fsp3) is 0.375. The summed E-state index contributed by atoms with van der Waals surface area (Å²) in [6.07, 6.45) is 6.31. The van der Waals surface area contributed by atoms with Crippen molar-refractivity contribution in [2.45, 2.75) is 31.7 Å². The van der Waals surface area contributed by atoms with E-state index in [0.717, 1.165) is 12.8 Å². The molecule has 0 saturated heterocycles. The summed E-state index contributed by atoms with van der Waals surface area (Å²) in [7, 11) is 0. The van der Waals surface area contributed by atoms with Crippen molar-refractivity contribution in [1.29, 1.82) is 0 Å². The van der Waals surface area contributed by atoms with Crippen molar-refractivity contribution in [3.8, 4) is 5.75 Å². The van der Waals surface area contributed by atoms with Crippen LogP contribution in [0.1, 0.15) is 31.7 Å². The number of nitrogens with zero attached hydrogens (tertiary/aromatic N) is 2. The standard InChI is InChI=1S/C16H17Cl2N3O2/c17-11-5-6-14(13(18)9-11)23-10-16(22)20-15-7-8-19-21(15)12-3-1-2-4-12/h5-9,12H,1-4,10H2,(H,20,22). The quantitative estimate of drug-likeness (QED) is 0.870. The van der Waals surface area contributed by atoms with Crippen molar-refractivity contribution in [2.75, 3.05) is 11.9 Å². The van der Waals surface area contributed by atoms with Crippen LogP contribution in [0, 0.1) is 0 Å². The van der Waals surface area contributed by atoms with Gasteiger partial charge in [0.1, 0.15) is 11.6 Å². The third-order valence-electron chi connectivity index (χ3n) is 3.86. The third-order valence-corrected chi connectivity index (χ3v) is 4.39. The van der Waals surface area contributed by atoms with Crippen LogP contribution >= 0.6 is 23.2 Å². The molecule has 1 aliphatic rings. The molecule has 0 spiro atoms. The zero-order valence-electron chi connectivity index (χ0n) is 12.5. The smallest absolute Gasteiger partial charge is 0.263 e. The summed E-state index contributed by atoms with van der Waals surface area (Å²) in [4.78, 5) is 12.1. The molecule has 7 heteroatoms. The molecule has 1 fully saturated rings. The van der Waals surface area contributed by atoms with E-state index < -0.39 is 0 Å². The Morgan fingerprint density at radius 1 is 1.30 bits per heavy atom. The van der Waals surface area contributed by atoms with Crippen molar-refractivity contribution >= 4 is 34.9 Å². The average molecular weight is 354 g/mol. The van der Waals surface area contributed by atoms with Gasteiger partial charge in [0.2, 0.25) is 0 Å². The molecule has 0 unspecified atom stereocenters. The molecular formula is C16H17Cl2N3O2. The lowest BCUT2D eigenvalue weighted by atomic mass is 10.2. The number of halogens is 2. The molecule has 1 aromatic heterocycles. The zero-order valence-corrected chi connectivity index (χ0v) is 14.0. The first-order valence-corrected chi connectivity index (χ1v) is 8.30. The Labute approximate surface area is 144 Å². The molecule has 0 atom stereocenters. The number of amides is 1. The molecular weight excluding hydrogens is 337 g/mol.